The number of allylic oxidation sites excluding steroid dienone is 4. The van der Waals surface area contributed by atoms with Crippen LogP contribution in [0.3, 0.4) is 0 Å². The van der Waals surface area contributed by atoms with E-state index in [-0.39, 0.29) is 142 Å². The van der Waals surface area contributed by atoms with Gasteiger partial charge in [0.05, 0.1) is 44.7 Å². The standard InChI is InChI=1S/C26H43NO3.C25H42O2.C25H40O2.C24H38O3.C4H8O.C2H7NO.C2H6O.CH3.B17.B.BrH.ClH.Mg.Na.H/c1-17(6-11-24(29)27(4)30-5)21-9-10-22-20-8-7-18-16-19(28)12-14-25(18,2)23(20)13-15-26(21,22)3;2*1-16(5-6-17(2)26)21-9-10-22-20-8-7-18-15-19(27)11-13-24(18,3)23(20)12-14-25(21,22)4;1-15(4-9-22(26)27)19-7-8-20-18-6-5-16-14-17(25)10-12-23(16,2)21(18)11-13-24(19,20)3;1-2-4-5-3-1;1-3-4-2;1-2-3;;1-10-15(11(2)3)17(14(8)9)16(12(4)5)13(6)7;;;;;;/h7,17,19-23,28H,6,8-16H2,1-5H3;7,16-17,19-23,26-27H,5-6,8-15H2,1-4H3;7,16,19-23,27H,5-6,8-15H2,1-4H3;5,15,17-21,25H,4,6-14H2,1-3H3,(H,26,27);1-4H2;3H,1-2H3;3H,2H2,1H3;1H3;;;2*1H;;;/q;;;;;;;-1;;;;;+2;+1;-1/p-1/t17-,19+,20?,21-,22?,23?,25+,26-;16-,17?,19+,20?,21-,22?,23?,24+,25-;16-,19+,20?,21-,22?,23?,24+,25-;15-,17+,18?,19-,20?,21?,23+,24-;;;;;;;;;;;/m1111.........../s1. The molecule has 0 aromatic heterocycles. The molecule has 0 bridgehead atoms. The van der Waals surface area contributed by atoms with Gasteiger partial charge in [-0.1, -0.05) is 130 Å². The fraction of sp³-hybridized carbons (Fsp3) is 0.890. The molecule has 13 unspecified atom stereocenters. The van der Waals surface area contributed by atoms with Crippen LogP contribution in [0, 0.1) is 169 Å². The number of carbonyl (C=O) groups excluding carboxylic acids is 2. The third-order valence-electron chi connectivity index (χ3n) is 43.5. The zero-order valence-corrected chi connectivity index (χ0v) is 101. The van der Waals surface area contributed by atoms with Gasteiger partial charge in [-0.15, -0.1) is 12.4 Å². The molecule has 0 aromatic rings. The van der Waals surface area contributed by atoms with Crippen LogP contribution in [0.4, 0.5) is 0 Å². The fourth-order valence-electron chi connectivity index (χ4n) is 35.7. The molecule has 33 atom stereocenters. The van der Waals surface area contributed by atoms with E-state index in [0.29, 0.717) is 85.6 Å². The second kappa shape index (κ2) is 61.6. The first-order valence-corrected chi connectivity index (χ1v) is 56.7. The number of fused-ring (bicyclic) bond motifs is 20. The first-order valence-electron chi connectivity index (χ1n) is 56.7. The maximum Gasteiger partial charge on any atom is 2.00 e. The van der Waals surface area contributed by atoms with E-state index in [2.05, 4.69) is 118 Å². The van der Waals surface area contributed by atoms with Gasteiger partial charge in [-0.25, -0.2) is 10.5 Å². The number of aliphatic hydroxyl groups excluding tert-OH is 6. The smallest absolute Gasteiger partial charge is 1.00 e. The van der Waals surface area contributed by atoms with Crippen molar-refractivity contribution in [3.63, 3.8) is 0 Å². The van der Waals surface area contributed by atoms with Crippen LogP contribution in [0.5, 0.6) is 0 Å². The van der Waals surface area contributed by atoms with E-state index >= 15 is 0 Å². The summed E-state index contributed by atoms with van der Waals surface area (Å²) in [6, 6.07) is 0. The number of aliphatic carboxylic acids is 1. The third kappa shape index (κ3) is 31.8. The van der Waals surface area contributed by atoms with Crippen molar-refractivity contribution in [2.75, 3.05) is 48.1 Å². The molecular weight excluding hydrogens is 1900 g/mol. The number of nitrogens with one attached hydrogen (secondary N) is 1. The topological polar surface area (TPSA) is 236 Å². The molecule has 17 rings (SSSR count). The number of hydrogen-bond acceptors (Lipinski definition) is 13. The van der Waals surface area contributed by atoms with E-state index in [1.54, 1.807) is 64.5 Å². The molecule has 8 N–H and O–H groups in total. The predicted molar refractivity (Wildman–Crippen MR) is 621 cm³/mol. The molecule has 12 saturated carbocycles. The second-order valence-corrected chi connectivity index (χ2v) is 50.9. The molecule has 146 heavy (non-hydrogen) atoms. The van der Waals surface area contributed by atoms with Crippen LogP contribution in [0.2, 0.25) is 0 Å². The first kappa shape index (κ1) is 139. The monoisotopic (exact) mass is 2090 g/mol. The molecule has 1 amide bonds. The van der Waals surface area contributed by atoms with Gasteiger partial charge in [0.1, 0.15) is 5.78 Å². The molecule has 22 radical (unpaired) electrons. The average Bonchev–Trinajstić information content (AvgIpc) is 1.64. The van der Waals surface area contributed by atoms with Gasteiger partial charge < -0.3 is 75.9 Å². The number of carboxylic acid groups (broad SMARTS) is 1. The number of ketones is 1. The number of Topliss-reactive ketones (excluding diaryl/α,β-unsaturated/α-hetero) is 1. The van der Waals surface area contributed by atoms with Crippen molar-refractivity contribution in [1.82, 2.24) is 10.5 Å². The van der Waals surface area contributed by atoms with Crippen molar-refractivity contribution < 1.29 is 113 Å². The molecule has 13 fully saturated rings. The Labute approximate surface area is 965 Å². The Kier molecular flexibility index (Phi) is 58.7. The number of carboxylic acids is 1. The number of nitrogens with zero attached hydrogens (tertiary/aromatic N) is 1. The Morgan fingerprint density at radius 3 is 0.979 bits per heavy atom. The summed E-state index contributed by atoms with van der Waals surface area (Å²) in [6.45, 7) is 37.5. The molecule has 1 saturated heterocycles. The van der Waals surface area contributed by atoms with E-state index in [0.717, 1.165) is 198 Å². The fourth-order valence-corrected chi connectivity index (χ4v) is 35.7. The van der Waals surface area contributed by atoms with Crippen LogP contribution in [0.1, 0.15) is 375 Å². The number of rotatable bonds is 25. The number of carbonyl (C=O) groups is 3. The van der Waals surface area contributed by atoms with Crippen LogP contribution < -0.4 is 52.0 Å². The van der Waals surface area contributed by atoms with E-state index in [1.165, 1.54) is 179 Å². The van der Waals surface area contributed by atoms with Gasteiger partial charge in [0, 0.05) is 183 Å². The summed E-state index contributed by atoms with van der Waals surface area (Å²) in [5.41, 5.74) is 11.9. The van der Waals surface area contributed by atoms with Crippen molar-refractivity contribution in [1.29, 1.82) is 0 Å². The molecule has 37 heteroatoms. The summed E-state index contributed by atoms with van der Waals surface area (Å²) in [5.74, 6) is 15.3. The van der Waals surface area contributed by atoms with Gasteiger partial charge in [0.2, 0.25) is 5.91 Å². The molecule has 15 nitrogen and oxygen atoms in total. The van der Waals surface area contributed by atoms with Crippen molar-refractivity contribution in [3.05, 3.63) is 54.0 Å². The van der Waals surface area contributed by atoms with E-state index < -0.39 is 50.7 Å². The summed E-state index contributed by atoms with van der Waals surface area (Å²) in [4.78, 5) is 44.1. The van der Waals surface area contributed by atoms with Crippen LogP contribution in [0.15, 0.2) is 46.6 Å². The minimum Gasteiger partial charge on any atom is -1.00 e. The normalized spacial score (nSPS) is 37.8. The molecular formula is C109H189B18BrClMgN2NaO13. The summed E-state index contributed by atoms with van der Waals surface area (Å²) >= 11 is 0. The molecule has 1 aliphatic heterocycles. The SMILES string of the molecule is C1CCOC1.CC(=O)CC[C@@H](C)[C@H]1CCC2C3CC=C4C[C@@H](O)CC[C@]4(C)C3CC[C@@]21C.CC(O)CC[C@@H](C)[C@H]1CCC2C3CC=C4C[C@@H](O)CC[C@]4(C)C3CC[C@@]21C.CCO.CNOC.CON(C)C(=O)CC[C@@H](C)[C@H]1CCC2C3CC=C4C[C@@H](O)CC[C@]4(C)C3CC[C@@]21C.C[C@H](CCC(=O)O)[C@H]1CCC2C3CC=C4C[C@@H](O)CC[C@]4(C)C3CC[C@@]21C.Cl.[B].[B][B]B(B([B])[B])B(B([B])[B])B(B([B])[B])B([B])[B].[Br-].[CH3-].[H-].[Mg+2].[Na+]. The number of ether oxygens (including phenoxy) is 1. The second-order valence-electron chi connectivity index (χ2n) is 50.9. The zero-order chi connectivity index (χ0) is 103. The average molecular weight is 2090 g/mol. The Morgan fingerprint density at radius 1 is 0.479 bits per heavy atom. The molecule has 784 valence electrons. The molecule has 0 spiro atoms. The molecule has 0 aromatic carbocycles. The summed E-state index contributed by atoms with van der Waals surface area (Å²) in [5, 5.41) is 68.5. The maximum atomic E-state index is 12.2. The van der Waals surface area contributed by atoms with Crippen LogP contribution in [-0.4, -0.2) is 290 Å². The van der Waals surface area contributed by atoms with Gasteiger partial charge in [-0.05, 0) is 433 Å². The number of halogens is 2. The van der Waals surface area contributed by atoms with Crippen molar-refractivity contribution in [3.8, 4) is 0 Å². The number of hydroxylamine groups is 3. The van der Waals surface area contributed by atoms with E-state index in [4.69, 9.17) is 89.4 Å². The van der Waals surface area contributed by atoms with Crippen molar-refractivity contribution >= 4 is 183 Å². The molecule has 16 aliphatic carbocycles. The first-order chi connectivity index (χ1) is 66.0. The summed E-state index contributed by atoms with van der Waals surface area (Å²) < 4.78 is 4.94. The van der Waals surface area contributed by atoms with E-state index in [9.17, 15) is 39.9 Å². The van der Waals surface area contributed by atoms with Crippen molar-refractivity contribution in [2.24, 2.45) is 162 Å². The number of amides is 1. The minimum atomic E-state index is -0.796. The molecule has 1 heterocycles. The van der Waals surface area contributed by atoms with Crippen LogP contribution >= 0.6 is 12.4 Å². The maximum absolute atomic E-state index is 12.2. The number of aliphatic hydroxyl groups is 6. The zero-order valence-electron chi connectivity index (χ0n) is 96.5. The quantitative estimate of drug-likeness (QED) is 0.0184. The number of hydrogen-bond donors (Lipinski definition) is 8. The minimum absolute atomic E-state index is 0. The van der Waals surface area contributed by atoms with Crippen molar-refractivity contribution in [2.45, 2.75) is 404 Å². The van der Waals surface area contributed by atoms with Gasteiger partial charge in [-0.2, -0.15) is 0 Å². The largest absolute Gasteiger partial charge is 2.00 e. The predicted octanol–water partition coefficient (Wildman–Crippen LogP) is 10.8. The van der Waals surface area contributed by atoms with Gasteiger partial charge >= 0.3 is 58.6 Å². The van der Waals surface area contributed by atoms with E-state index in [1.807, 2.05) is 6.92 Å². The molecule has 17 aliphatic rings. The van der Waals surface area contributed by atoms with Gasteiger partial charge in [-0.3, -0.25) is 14.4 Å². The Morgan fingerprint density at radius 2 is 0.753 bits per heavy atom. The summed E-state index contributed by atoms with van der Waals surface area (Å²) in [7, 11) is 58.5. The van der Waals surface area contributed by atoms with Gasteiger partial charge in [0.25, 0.3) is 0 Å². The summed E-state index contributed by atoms with van der Waals surface area (Å²) in [6.07, 6.45) is 53.1. The Balaban J connectivity index is 0.000000456. The van der Waals surface area contributed by atoms with Gasteiger partial charge in [0.15, 0.2) is 0 Å². The third-order valence-corrected chi connectivity index (χ3v) is 43.5. The van der Waals surface area contributed by atoms with Crippen LogP contribution in [-0.2, 0) is 28.8 Å². The Hall–Kier alpha value is 0.875. The van der Waals surface area contributed by atoms with Crippen LogP contribution in [0.25, 0.3) is 0 Å². The Bertz CT molecular complexity index is 3950.